The van der Waals surface area contributed by atoms with Crippen molar-refractivity contribution in [2.24, 2.45) is 0 Å². The molecule has 1 atom stereocenters. The van der Waals surface area contributed by atoms with E-state index in [1.54, 1.807) is 11.3 Å². The van der Waals surface area contributed by atoms with Gasteiger partial charge < -0.3 is 11.1 Å². The summed E-state index contributed by atoms with van der Waals surface area (Å²) < 4.78 is 4.37. The number of carbonyl (C=O) groups is 1. The van der Waals surface area contributed by atoms with Crippen LogP contribution in [0.25, 0.3) is 0 Å². The van der Waals surface area contributed by atoms with Gasteiger partial charge in [0, 0.05) is 6.04 Å². The lowest BCUT2D eigenvalue weighted by Gasteiger charge is -2.11. The van der Waals surface area contributed by atoms with E-state index < -0.39 is 0 Å². The summed E-state index contributed by atoms with van der Waals surface area (Å²) in [5.74, 6) is -0.364. The van der Waals surface area contributed by atoms with Gasteiger partial charge in [0.15, 0.2) is 0 Å². The number of carbonyl (C=O) groups excluding carboxylic acids is 1. The molecule has 0 aliphatic heterocycles. The molecule has 0 aliphatic carbocycles. The van der Waals surface area contributed by atoms with Gasteiger partial charge in [-0.15, -0.1) is 0 Å². The first-order valence-corrected chi connectivity index (χ1v) is 6.01. The second-order valence-electron chi connectivity index (χ2n) is 3.71. The molecule has 2 heterocycles. The SMILES string of the molecule is CC(Cc1ccsc1)NC(=O)c1nonc1N. The summed E-state index contributed by atoms with van der Waals surface area (Å²) in [5.41, 5.74) is 6.65. The summed E-state index contributed by atoms with van der Waals surface area (Å²) in [5, 5.41) is 13.6. The number of nitrogens with zero attached hydrogens (tertiary/aromatic N) is 2. The van der Waals surface area contributed by atoms with E-state index in [9.17, 15) is 4.79 Å². The van der Waals surface area contributed by atoms with Gasteiger partial charge in [-0.2, -0.15) is 11.3 Å². The maximum atomic E-state index is 11.7. The van der Waals surface area contributed by atoms with Crippen molar-refractivity contribution in [1.82, 2.24) is 15.6 Å². The summed E-state index contributed by atoms with van der Waals surface area (Å²) in [6, 6.07) is 2.02. The fraction of sp³-hybridized carbons (Fsp3) is 0.300. The highest BCUT2D eigenvalue weighted by Gasteiger charge is 2.17. The highest BCUT2D eigenvalue weighted by atomic mass is 32.1. The minimum Gasteiger partial charge on any atom is -0.379 e. The van der Waals surface area contributed by atoms with Crippen molar-refractivity contribution in [1.29, 1.82) is 0 Å². The van der Waals surface area contributed by atoms with Crippen molar-refractivity contribution in [3.63, 3.8) is 0 Å². The predicted octanol–water partition coefficient (Wildman–Crippen LogP) is 1.07. The third-order valence-electron chi connectivity index (χ3n) is 2.23. The van der Waals surface area contributed by atoms with Gasteiger partial charge in [-0.3, -0.25) is 4.79 Å². The van der Waals surface area contributed by atoms with Crippen LogP contribution in [0.4, 0.5) is 5.82 Å². The fourth-order valence-electron chi connectivity index (χ4n) is 1.46. The van der Waals surface area contributed by atoms with Crippen LogP contribution in [0, 0.1) is 0 Å². The molecule has 2 aromatic rings. The molecular formula is C10H12N4O2S. The molecule has 1 amide bonds. The summed E-state index contributed by atoms with van der Waals surface area (Å²) >= 11 is 1.63. The zero-order chi connectivity index (χ0) is 12.3. The molecule has 0 saturated heterocycles. The van der Waals surface area contributed by atoms with E-state index in [4.69, 9.17) is 5.73 Å². The largest absolute Gasteiger partial charge is 0.379 e. The molecule has 0 aromatic carbocycles. The van der Waals surface area contributed by atoms with Crippen LogP contribution in [-0.2, 0) is 6.42 Å². The second-order valence-corrected chi connectivity index (χ2v) is 4.49. The molecule has 0 bridgehead atoms. The molecule has 0 spiro atoms. The molecule has 0 fully saturated rings. The highest BCUT2D eigenvalue weighted by molar-refractivity contribution is 7.07. The number of rotatable bonds is 4. The van der Waals surface area contributed by atoms with Gasteiger partial charge in [-0.05, 0) is 46.0 Å². The lowest BCUT2D eigenvalue weighted by Crippen LogP contribution is -2.34. The normalized spacial score (nSPS) is 12.3. The Morgan fingerprint density at radius 1 is 1.65 bits per heavy atom. The molecule has 6 nitrogen and oxygen atoms in total. The second kappa shape index (κ2) is 4.96. The first-order chi connectivity index (χ1) is 8.16. The average molecular weight is 252 g/mol. The number of hydrogen-bond acceptors (Lipinski definition) is 6. The number of nitrogens with one attached hydrogen (secondary N) is 1. The Kier molecular flexibility index (Phi) is 3.38. The van der Waals surface area contributed by atoms with Crippen molar-refractivity contribution in [3.8, 4) is 0 Å². The number of thiophene rings is 1. The quantitative estimate of drug-likeness (QED) is 0.849. The van der Waals surface area contributed by atoms with Gasteiger partial charge in [-0.1, -0.05) is 0 Å². The Morgan fingerprint density at radius 3 is 3.06 bits per heavy atom. The van der Waals surface area contributed by atoms with Gasteiger partial charge in [0.25, 0.3) is 5.91 Å². The molecular weight excluding hydrogens is 240 g/mol. The standard InChI is InChI=1S/C10H12N4O2S/c1-6(4-7-2-3-17-5-7)12-10(15)8-9(11)14-16-13-8/h2-3,5-6H,4H2,1H3,(H2,11,14)(H,12,15). The Morgan fingerprint density at radius 2 is 2.47 bits per heavy atom. The molecule has 2 aromatic heterocycles. The van der Waals surface area contributed by atoms with Crippen LogP contribution in [0.15, 0.2) is 21.5 Å². The van der Waals surface area contributed by atoms with Crippen LogP contribution in [0.3, 0.4) is 0 Å². The number of nitrogen functional groups attached to an aromatic ring is 1. The first-order valence-electron chi connectivity index (χ1n) is 5.07. The zero-order valence-corrected chi connectivity index (χ0v) is 10.0. The van der Waals surface area contributed by atoms with Crippen molar-refractivity contribution < 1.29 is 9.42 Å². The molecule has 0 saturated carbocycles. The molecule has 3 N–H and O–H groups in total. The van der Waals surface area contributed by atoms with E-state index in [1.807, 2.05) is 18.4 Å². The molecule has 7 heteroatoms. The summed E-state index contributed by atoms with van der Waals surface area (Å²) in [6.07, 6.45) is 0.764. The maximum absolute atomic E-state index is 11.7. The fourth-order valence-corrected chi connectivity index (χ4v) is 2.14. The van der Waals surface area contributed by atoms with Crippen molar-refractivity contribution in [2.75, 3.05) is 5.73 Å². The third-order valence-corrected chi connectivity index (χ3v) is 2.96. The lowest BCUT2D eigenvalue weighted by molar-refractivity contribution is 0.0931. The van der Waals surface area contributed by atoms with Gasteiger partial charge in [0.1, 0.15) is 0 Å². The van der Waals surface area contributed by atoms with Crippen LogP contribution in [0.1, 0.15) is 23.0 Å². The van der Waals surface area contributed by atoms with Gasteiger partial charge in [0.05, 0.1) is 0 Å². The lowest BCUT2D eigenvalue weighted by atomic mass is 10.1. The number of amides is 1. The smallest absolute Gasteiger partial charge is 0.277 e. The van der Waals surface area contributed by atoms with E-state index in [1.165, 1.54) is 5.56 Å². The van der Waals surface area contributed by atoms with E-state index >= 15 is 0 Å². The minimum atomic E-state index is -0.369. The van der Waals surface area contributed by atoms with Crippen LogP contribution < -0.4 is 11.1 Å². The minimum absolute atomic E-state index is 0.00485. The average Bonchev–Trinajstić information content (AvgIpc) is 2.88. The van der Waals surface area contributed by atoms with Crippen LogP contribution >= 0.6 is 11.3 Å². The van der Waals surface area contributed by atoms with Crippen molar-refractivity contribution in [3.05, 3.63) is 28.1 Å². The molecule has 17 heavy (non-hydrogen) atoms. The Bertz CT molecular complexity index is 494. The predicted molar refractivity (Wildman–Crippen MR) is 63.7 cm³/mol. The summed E-state index contributed by atoms with van der Waals surface area (Å²) in [6.45, 7) is 1.92. The Hall–Kier alpha value is -1.89. The van der Waals surface area contributed by atoms with E-state index in [0.29, 0.717) is 0 Å². The van der Waals surface area contributed by atoms with Crippen LogP contribution in [0.5, 0.6) is 0 Å². The molecule has 0 radical (unpaired) electrons. The topological polar surface area (TPSA) is 94.0 Å². The van der Waals surface area contributed by atoms with Crippen molar-refractivity contribution in [2.45, 2.75) is 19.4 Å². The molecule has 90 valence electrons. The Balaban J connectivity index is 1.93. The number of anilines is 1. The first kappa shape index (κ1) is 11.6. The van der Waals surface area contributed by atoms with E-state index in [2.05, 4.69) is 25.6 Å². The third kappa shape index (κ3) is 2.82. The van der Waals surface area contributed by atoms with Crippen LogP contribution in [0.2, 0.25) is 0 Å². The zero-order valence-electron chi connectivity index (χ0n) is 9.21. The van der Waals surface area contributed by atoms with Gasteiger partial charge in [-0.25, -0.2) is 4.63 Å². The molecule has 0 aliphatic rings. The van der Waals surface area contributed by atoms with Gasteiger partial charge in [0.2, 0.25) is 11.5 Å². The van der Waals surface area contributed by atoms with E-state index in [0.717, 1.165) is 6.42 Å². The number of aromatic nitrogens is 2. The maximum Gasteiger partial charge on any atom is 0.277 e. The van der Waals surface area contributed by atoms with E-state index in [-0.39, 0.29) is 23.5 Å². The summed E-state index contributed by atoms with van der Waals surface area (Å²) in [7, 11) is 0. The molecule has 1 unspecified atom stereocenters. The monoisotopic (exact) mass is 252 g/mol. The number of nitrogens with two attached hydrogens (primary N) is 1. The number of hydrogen-bond donors (Lipinski definition) is 2. The Labute approximate surface area is 102 Å². The highest BCUT2D eigenvalue weighted by Crippen LogP contribution is 2.09. The van der Waals surface area contributed by atoms with Crippen LogP contribution in [-0.4, -0.2) is 22.3 Å². The van der Waals surface area contributed by atoms with Gasteiger partial charge >= 0.3 is 0 Å². The van der Waals surface area contributed by atoms with Crippen molar-refractivity contribution >= 4 is 23.1 Å². The summed E-state index contributed by atoms with van der Waals surface area (Å²) in [4.78, 5) is 11.7. The molecule has 2 rings (SSSR count).